The Kier molecular flexibility index (Phi) is 6.54. The van der Waals surface area contributed by atoms with E-state index in [2.05, 4.69) is 24.1 Å². The monoisotopic (exact) mass is 252 g/mol. The molecule has 0 aromatic heterocycles. The standard InChI is InChI=1S/C14H21FN2O/c1-3-17(4-2)10-9-16-11-14(18)12-5-7-13(15)8-6-12/h5-8,16H,3-4,9-11H2,1-2H3. The Morgan fingerprint density at radius 2 is 1.83 bits per heavy atom. The van der Waals surface area contributed by atoms with Crippen LogP contribution in [0.2, 0.25) is 0 Å². The van der Waals surface area contributed by atoms with Gasteiger partial charge in [-0.3, -0.25) is 4.79 Å². The summed E-state index contributed by atoms with van der Waals surface area (Å²) in [4.78, 5) is 14.0. The molecule has 4 heteroatoms. The number of rotatable bonds is 8. The molecular formula is C14H21FN2O. The molecule has 0 aliphatic heterocycles. The number of likely N-dealkylation sites (N-methyl/N-ethyl adjacent to an activating group) is 1. The van der Waals surface area contributed by atoms with Crippen molar-refractivity contribution in [3.05, 3.63) is 35.6 Å². The molecule has 0 aliphatic rings. The fraction of sp³-hybridized carbons (Fsp3) is 0.500. The highest BCUT2D eigenvalue weighted by atomic mass is 19.1. The summed E-state index contributed by atoms with van der Waals surface area (Å²) in [6, 6.07) is 5.65. The van der Waals surface area contributed by atoms with Crippen LogP contribution in [0, 0.1) is 5.82 Å². The molecule has 0 atom stereocenters. The Labute approximate surface area is 108 Å². The Hall–Kier alpha value is -1.26. The first kappa shape index (κ1) is 14.8. The Morgan fingerprint density at radius 3 is 2.39 bits per heavy atom. The maximum absolute atomic E-state index is 12.7. The molecule has 100 valence electrons. The molecule has 0 aliphatic carbocycles. The van der Waals surface area contributed by atoms with Crippen LogP contribution in [0.4, 0.5) is 4.39 Å². The number of Topliss-reactive ketones (excluding diaryl/α,β-unsaturated/α-hetero) is 1. The summed E-state index contributed by atoms with van der Waals surface area (Å²) < 4.78 is 12.7. The quantitative estimate of drug-likeness (QED) is 0.567. The van der Waals surface area contributed by atoms with Crippen LogP contribution >= 0.6 is 0 Å². The predicted molar refractivity (Wildman–Crippen MR) is 71.4 cm³/mol. The van der Waals surface area contributed by atoms with E-state index < -0.39 is 0 Å². The van der Waals surface area contributed by atoms with Gasteiger partial charge in [0.05, 0.1) is 6.54 Å². The number of carbonyl (C=O) groups is 1. The minimum Gasteiger partial charge on any atom is -0.308 e. The molecule has 0 spiro atoms. The second-order valence-corrected chi connectivity index (χ2v) is 4.13. The normalized spacial score (nSPS) is 10.9. The largest absolute Gasteiger partial charge is 0.308 e. The fourth-order valence-electron chi connectivity index (χ4n) is 1.72. The molecule has 0 saturated heterocycles. The summed E-state index contributed by atoms with van der Waals surface area (Å²) in [6.45, 7) is 8.29. The van der Waals surface area contributed by atoms with Crippen molar-refractivity contribution in [3.8, 4) is 0 Å². The molecule has 0 amide bonds. The van der Waals surface area contributed by atoms with E-state index in [0.717, 1.165) is 26.2 Å². The Balaban J connectivity index is 2.27. The number of benzene rings is 1. The minimum atomic E-state index is -0.318. The molecule has 0 bridgehead atoms. The van der Waals surface area contributed by atoms with Gasteiger partial charge in [-0.25, -0.2) is 4.39 Å². The van der Waals surface area contributed by atoms with Crippen LogP contribution in [0.25, 0.3) is 0 Å². The van der Waals surface area contributed by atoms with Crippen LogP contribution in [0.15, 0.2) is 24.3 Å². The molecule has 0 unspecified atom stereocenters. The number of hydrogen-bond acceptors (Lipinski definition) is 3. The van der Waals surface area contributed by atoms with Gasteiger partial charge in [-0.15, -0.1) is 0 Å². The molecule has 0 saturated carbocycles. The van der Waals surface area contributed by atoms with Crippen molar-refractivity contribution in [2.45, 2.75) is 13.8 Å². The summed E-state index contributed by atoms with van der Waals surface area (Å²) >= 11 is 0. The summed E-state index contributed by atoms with van der Waals surface area (Å²) in [5, 5.41) is 3.11. The molecule has 0 radical (unpaired) electrons. The van der Waals surface area contributed by atoms with Crippen molar-refractivity contribution < 1.29 is 9.18 Å². The number of halogens is 1. The molecule has 1 aromatic rings. The lowest BCUT2D eigenvalue weighted by Crippen LogP contribution is -2.34. The van der Waals surface area contributed by atoms with E-state index in [4.69, 9.17) is 0 Å². The van der Waals surface area contributed by atoms with Crippen LogP contribution in [-0.2, 0) is 0 Å². The number of hydrogen-bond donors (Lipinski definition) is 1. The number of carbonyl (C=O) groups excluding carboxylic acids is 1. The second-order valence-electron chi connectivity index (χ2n) is 4.13. The van der Waals surface area contributed by atoms with E-state index in [-0.39, 0.29) is 11.6 Å². The van der Waals surface area contributed by atoms with Crippen molar-refractivity contribution in [2.24, 2.45) is 0 Å². The first-order valence-electron chi connectivity index (χ1n) is 6.39. The zero-order valence-corrected chi connectivity index (χ0v) is 11.1. The highest BCUT2D eigenvalue weighted by Gasteiger charge is 2.05. The maximum Gasteiger partial charge on any atom is 0.176 e. The van der Waals surface area contributed by atoms with Gasteiger partial charge < -0.3 is 10.2 Å². The number of ketones is 1. The van der Waals surface area contributed by atoms with E-state index in [1.165, 1.54) is 24.3 Å². The highest BCUT2D eigenvalue weighted by Crippen LogP contribution is 2.02. The van der Waals surface area contributed by atoms with Crippen molar-refractivity contribution in [2.75, 3.05) is 32.7 Å². The summed E-state index contributed by atoms with van der Waals surface area (Å²) in [6.07, 6.45) is 0. The number of nitrogens with one attached hydrogen (secondary N) is 1. The first-order chi connectivity index (χ1) is 8.67. The Morgan fingerprint density at radius 1 is 1.22 bits per heavy atom. The third kappa shape index (κ3) is 4.94. The van der Waals surface area contributed by atoms with Gasteiger partial charge in [0.2, 0.25) is 0 Å². The topological polar surface area (TPSA) is 32.3 Å². The molecule has 3 nitrogen and oxygen atoms in total. The Bertz CT molecular complexity index is 361. The minimum absolute atomic E-state index is 0.00505. The third-order valence-electron chi connectivity index (χ3n) is 2.95. The van der Waals surface area contributed by atoms with E-state index in [1.807, 2.05) is 0 Å². The molecule has 0 heterocycles. The van der Waals surface area contributed by atoms with E-state index in [1.54, 1.807) is 0 Å². The van der Waals surface area contributed by atoms with E-state index in [0.29, 0.717) is 12.1 Å². The van der Waals surface area contributed by atoms with E-state index in [9.17, 15) is 9.18 Å². The van der Waals surface area contributed by atoms with Gasteiger partial charge in [-0.1, -0.05) is 13.8 Å². The van der Waals surface area contributed by atoms with Gasteiger partial charge in [-0.2, -0.15) is 0 Å². The summed E-state index contributed by atoms with van der Waals surface area (Å²) in [5.41, 5.74) is 0.548. The molecular weight excluding hydrogens is 231 g/mol. The van der Waals surface area contributed by atoms with Crippen molar-refractivity contribution in [1.82, 2.24) is 10.2 Å². The van der Waals surface area contributed by atoms with Crippen molar-refractivity contribution in [3.63, 3.8) is 0 Å². The average molecular weight is 252 g/mol. The lowest BCUT2D eigenvalue weighted by molar-refractivity contribution is 0.0990. The van der Waals surface area contributed by atoms with Crippen LogP contribution < -0.4 is 5.32 Å². The maximum atomic E-state index is 12.7. The zero-order chi connectivity index (χ0) is 13.4. The molecule has 1 aromatic carbocycles. The predicted octanol–water partition coefficient (Wildman–Crippen LogP) is 1.94. The van der Waals surface area contributed by atoms with Gasteiger partial charge in [0.25, 0.3) is 0 Å². The van der Waals surface area contributed by atoms with Crippen LogP contribution in [-0.4, -0.2) is 43.4 Å². The van der Waals surface area contributed by atoms with Crippen LogP contribution in [0.5, 0.6) is 0 Å². The summed E-state index contributed by atoms with van der Waals surface area (Å²) in [7, 11) is 0. The molecule has 1 N–H and O–H groups in total. The number of nitrogens with zero attached hydrogens (tertiary/aromatic N) is 1. The lowest BCUT2D eigenvalue weighted by atomic mass is 10.1. The van der Waals surface area contributed by atoms with Crippen molar-refractivity contribution >= 4 is 5.78 Å². The van der Waals surface area contributed by atoms with Crippen LogP contribution in [0.1, 0.15) is 24.2 Å². The zero-order valence-electron chi connectivity index (χ0n) is 11.1. The summed E-state index contributed by atoms with van der Waals surface area (Å²) in [5.74, 6) is -0.324. The van der Waals surface area contributed by atoms with Gasteiger partial charge >= 0.3 is 0 Å². The van der Waals surface area contributed by atoms with Crippen molar-refractivity contribution in [1.29, 1.82) is 0 Å². The molecule has 0 fully saturated rings. The third-order valence-corrected chi connectivity index (χ3v) is 2.95. The van der Waals surface area contributed by atoms with Crippen LogP contribution in [0.3, 0.4) is 0 Å². The van der Waals surface area contributed by atoms with E-state index >= 15 is 0 Å². The van der Waals surface area contributed by atoms with Gasteiger partial charge in [0, 0.05) is 18.7 Å². The highest BCUT2D eigenvalue weighted by molar-refractivity contribution is 5.97. The van der Waals surface area contributed by atoms with Gasteiger partial charge in [0.1, 0.15) is 5.82 Å². The average Bonchev–Trinajstić information content (AvgIpc) is 2.39. The molecule has 1 rings (SSSR count). The SMILES string of the molecule is CCN(CC)CCNCC(=O)c1ccc(F)cc1. The smallest absolute Gasteiger partial charge is 0.176 e. The van der Waals surface area contributed by atoms with Gasteiger partial charge in [-0.05, 0) is 37.4 Å². The molecule has 18 heavy (non-hydrogen) atoms. The second kappa shape index (κ2) is 7.95. The first-order valence-corrected chi connectivity index (χ1v) is 6.39. The fourth-order valence-corrected chi connectivity index (χ4v) is 1.72. The van der Waals surface area contributed by atoms with Gasteiger partial charge in [0.15, 0.2) is 5.78 Å². The lowest BCUT2D eigenvalue weighted by Gasteiger charge is -2.17.